The fourth-order valence-corrected chi connectivity index (χ4v) is 5.14. The number of piperidine rings is 1. The van der Waals surface area contributed by atoms with Crippen molar-refractivity contribution in [2.45, 2.75) is 50.4 Å². The molecule has 12 heteroatoms. The van der Waals surface area contributed by atoms with Gasteiger partial charge in [0.25, 0.3) is 5.91 Å². The van der Waals surface area contributed by atoms with Crippen LogP contribution in [0.4, 0.5) is 30.6 Å². The Morgan fingerprint density at radius 2 is 1.76 bits per heavy atom. The number of benzene rings is 1. The van der Waals surface area contributed by atoms with E-state index >= 15 is 0 Å². The normalized spacial score (nSPS) is 20.7. The molecule has 1 aromatic heterocycles. The first-order valence-corrected chi connectivity index (χ1v) is 12.8. The molecule has 1 saturated heterocycles. The summed E-state index contributed by atoms with van der Waals surface area (Å²) in [5.41, 5.74) is 0.0518. The third-order valence-electron chi connectivity index (χ3n) is 7.46. The highest BCUT2D eigenvalue weighted by Gasteiger charge is 2.38. The quantitative estimate of drug-likeness (QED) is 0.499. The van der Waals surface area contributed by atoms with Crippen LogP contribution >= 0.6 is 0 Å². The van der Waals surface area contributed by atoms with Gasteiger partial charge in [-0.25, -0.2) is 4.98 Å². The van der Waals surface area contributed by atoms with Gasteiger partial charge in [0.05, 0.1) is 5.92 Å². The molecule has 1 aromatic carbocycles. The number of carbonyl (C=O) groups is 2. The van der Waals surface area contributed by atoms with Crippen LogP contribution in [0.5, 0.6) is 0 Å². The zero-order valence-electron chi connectivity index (χ0n) is 21.8. The maximum atomic E-state index is 13.7. The molecule has 206 valence electrons. The molecule has 0 unspecified atom stereocenters. The van der Waals surface area contributed by atoms with E-state index in [4.69, 9.17) is 0 Å². The smallest absolute Gasteiger partial charge is 0.366 e. The zero-order chi connectivity index (χ0) is 27.4. The van der Waals surface area contributed by atoms with Gasteiger partial charge in [-0.1, -0.05) is 6.42 Å². The van der Waals surface area contributed by atoms with Gasteiger partial charge < -0.3 is 25.8 Å². The van der Waals surface area contributed by atoms with Gasteiger partial charge >= 0.3 is 6.18 Å². The van der Waals surface area contributed by atoms with Gasteiger partial charge in [-0.05, 0) is 70.1 Å². The summed E-state index contributed by atoms with van der Waals surface area (Å²) in [6.45, 7) is 1.89. The minimum atomic E-state index is -4.66. The molecule has 0 radical (unpaired) electrons. The summed E-state index contributed by atoms with van der Waals surface area (Å²) in [5.74, 6) is -1.13. The number of likely N-dealkylation sites (tertiary alicyclic amines) is 1. The summed E-state index contributed by atoms with van der Waals surface area (Å²) >= 11 is 0. The summed E-state index contributed by atoms with van der Waals surface area (Å²) in [5, 5.41) is 8.35. The Morgan fingerprint density at radius 1 is 1.08 bits per heavy atom. The van der Waals surface area contributed by atoms with E-state index in [1.165, 1.54) is 7.05 Å². The van der Waals surface area contributed by atoms with Crippen molar-refractivity contribution in [1.29, 1.82) is 0 Å². The molecule has 1 saturated carbocycles. The van der Waals surface area contributed by atoms with Gasteiger partial charge in [0.1, 0.15) is 11.4 Å². The maximum absolute atomic E-state index is 13.7. The first-order chi connectivity index (χ1) is 18.1. The van der Waals surface area contributed by atoms with E-state index in [0.29, 0.717) is 24.1 Å². The van der Waals surface area contributed by atoms with Crippen LogP contribution in [0.1, 0.15) is 48.0 Å². The lowest BCUT2D eigenvalue weighted by atomic mass is 10.0. The number of amides is 2. The zero-order valence-corrected chi connectivity index (χ0v) is 21.8. The van der Waals surface area contributed by atoms with Gasteiger partial charge in [0.2, 0.25) is 11.9 Å². The van der Waals surface area contributed by atoms with Crippen molar-refractivity contribution in [3.05, 3.63) is 41.6 Å². The van der Waals surface area contributed by atoms with Gasteiger partial charge in [0, 0.05) is 43.6 Å². The molecular weight excluding hydrogens is 499 g/mol. The third kappa shape index (κ3) is 6.35. The van der Waals surface area contributed by atoms with E-state index in [9.17, 15) is 22.8 Å². The molecule has 2 heterocycles. The molecule has 38 heavy (non-hydrogen) atoms. The molecule has 0 spiro atoms. The Morgan fingerprint density at radius 3 is 2.39 bits per heavy atom. The summed E-state index contributed by atoms with van der Waals surface area (Å²) in [7, 11) is 5.39. The van der Waals surface area contributed by atoms with Crippen LogP contribution in [-0.4, -0.2) is 77.9 Å². The minimum Gasteiger partial charge on any atom is -0.366 e. The summed E-state index contributed by atoms with van der Waals surface area (Å²) < 4.78 is 41.1. The van der Waals surface area contributed by atoms with Crippen LogP contribution in [0.15, 0.2) is 30.5 Å². The molecule has 1 aliphatic heterocycles. The summed E-state index contributed by atoms with van der Waals surface area (Å²) in [6, 6.07) is 6.40. The predicted molar refractivity (Wildman–Crippen MR) is 138 cm³/mol. The van der Waals surface area contributed by atoms with Crippen molar-refractivity contribution < 1.29 is 22.8 Å². The van der Waals surface area contributed by atoms with E-state index in [-0.39, 0.29) is 29.6 Å². The van der Waals surface area contributed by atoms with Crippen molar-refractivity contribution in [3.63, 3.8) is 0 Å². The number of alkyl halides is 3. The number of carbonyl (C=O) groups excluding carboxylic acids is 2. The predicted octanol–water partition coefficient (Wildman–Crippen LogP) is 3.73. The van der Waals surface area contributed by atoms with Crippen LogP contribution in [0, 0.1) is 5.92 Å². The lowest BCUT2D eigenvalue weighted by molar-refractivity contribution is -0.137. The number of hydrogen-bond donors (Lipinski definition) is 3. The van der Waals surface area contributed by atoms with Crippen LogP contribution in [0.3, 0.4) is 0 Å². The molecule has 4 rings (SSSR count). The highest BCUT2D eigenvalue weighted by molar-refractivity contribution is 5.94. The Labute approximate surface area is 220 Å². The number of hydrogen-bond acceptors (Lipinski definition) is 7. The van der Waals surface area contributed by atoms with E-state index in [1.807, 2.05) is 7.05 Å². The summed E-state index contributed by atoms with van der Waals surface area (Å²) in [6.07, 6.45) is -0.211. The van der Waals surface area contributed by atoms with Crippen molar-refractivity contribution in [1.82, 2.24) is 25.1 Å². The molecule has 2 aromatic rings. The number of rotatable bonds is 7. The Kier molecular flexibility index (Phi) is 8.39. The number of aromatic nitrogens is 2. The molecule has 2 amide bonds. The molecule has 9 nitrogen and oxygen atoms in total. The fraction of sp³-hybridized carbons (Fsp3) is 0.538. The average Bonchev–Trinajstić information content (AvgIpc) is 3.36. The monoisotopic (exact) mass is 533 g/mol. The number of anilines is 3. The standard InChI is InChI=1S/C26H34F3N7O2/c1-30-23(37)19-5-4-6-21(19)33-22-20(26(27,28)29)15-31-25(34-22)32-17-9-7-16(8-10-17)24(38)36(3)18-11-13-35(2)14-12-18/h7-10,15,18-19,21H,4-6,11-14H2,1-3H3,(H,30,37)(H2,31,32,33,34)/t19-,21+/m0/s1. The number of nitrogens with one attached hydrogen (secondary N) is 3. The number of nitrogens with zero attached hydrogens (tertiary/aromatic N) is 4. The molecule has 1 aliphatic carbocycles. The van der Waals surface area contributed by atoms with Crippen molar-refractivity contribution in [2.24, 2.45) is 5.92 Å². The van der Waals surface area contributed by atoms with E-state index in [0.717, 1.165) is 38.5 Å². The van der Waals surface area contributed by atoms with E-state index < -0.39 is 23.7 Å². The topological polar surface area (TPSA) is 102 Å². The SMILES string of the molecule is CNC(=O)[C@H]1CCC[C@H]1Nc1nc(Nc2ccc(C(=O)N(C)C3CCN(C)CC3)cc2)ncc1C(F)(F)F. The Bertz CT molecular complexity index is 1130. The van der Waals surface area contributed by atoms with E-state index in [1.54, 1.807) is 29.2 Å². The van der Waals surface area contributed by atoms with Gasteiger partial charge in [-0.3, -0.25) is 9.59 Å². The third-order valence-corrected chi connectivity index (χ3v) is 7.46. The van der Waals surface area contributed by atoms with Crippen molar-refractivity contribution in [3.8, 4) is 0 Å². The molecule has 0 bridgehead atoms. The summed E-state index contributed by atoms with van der Waals surface area (Å²) in [4.78, 5) is 37.1. The minimum absolute atomic E-state index is 0.0301. The molecule has 2 fully saturated rings. The molecule has 3 N–H and O–H groups in total. The Hall–Kier alpha value is -3.41. The first kappa shape index (κ1) is 27.6. The van der Waals surface area contributed by atoms with Gasteiger partial charge in [0.15, 0.2) is 0 Å². The van der Waals surface area contributed by atoms with Gasteiger partial charge in [-0.2, -0.15) is 18.2 Å². The second kappa shape index (κ2) is 11.5. The fourth-order valence-electron chi connectivity index (χ4n) is 5.14. The lowest BCUT2D eigenvalue weighted by Crippen LogP contribution is -2.44. The highest BCUT2D eigenvalue weighted by Crippen LogP contribution is 2.36. The van der Waals surface area contributed by atoms with Crippen LogP contribution in [-0.2, 0) is 11.0 Å². The lowest BCUT2D eigenvalue weighted by Gasteiger charge is -2.35. The first-order valence-electron chi connectivity index (χ1n) is 12.8. The van der Waals surface area contributed by atoms with Crippen LogP contribution < -0.4 is 16.0 Å². The van der Waals surface area contributed by atoms with Crippen LogP contribution in [0.2, 0.25) is 0 Å². The molecular formula is C26H34F3N7O2. The largest absolute Gasteiger partial charge is 0.421 e. The van der Waals surface area contributed by atoms with Gasteiger partial charge in [-0.15, -0.1) is 0 Å². The van der Waals surface area contributed by atoms with E-state index in [2.05, 4.69) is 37.9 Å². The number of halogens is 3. The van der Waals surface area contributed by atoms with Crippen LogP contribution in [0.25, 0.3) is 0 Å². The maximum Gasteiger partial charge on any atom is 0.421 e. The Balaban J connectivity index is 1.47. The molecule has 2 aliphatic rings. The highest BCUT2D eigenvalue weighted by atomic mass is 19.4. The second-order valence-corrected chi connectivity index (χ2v) is 10.0. The average molecular weight is 534 g/mol. The van der Waals surface area contributed by atoms with Crippen molar-refractivity contribution in [2.75, 3.05) is 44.9 Å². The second-order valence-electron chi connectivity index (χ2n) is 10.0. The van der Waals surface area contributed by atoms with Crippen molar-refractivity contribution >= 4 is 29.3 Å². The molecule has 2 atom stereocenters.